The Bertz CT molecular complexity index is 707. The van der Waals surface area contributed by atoms with E-state index in [-0.39, 0.29) is 5.92 Å². The SMILES string of the molecule is C=C1NN(C2CC2CCC)N=C(C(C)C)N=C1Cc1cccc(Cl)c1. The second-order valence-electron chi connectivity index (χ2n) is 7.26. The standard InChI is InChI=1S/C20H27ClN4/c1-5-7-16-12-19(16)25-23-14(4)18(22-20(24-25)13(2)3)11-15-8-6-9-17(21)10-15/h6,8-10,13,16,19,23H,4-5,7,11-12H2,1-3H3. The first-order valence-corrected chi connectivity index (χ1v) is 9.51. The molecule has 25 heavy (non-hydrogen) atoms. The van der Waals surface area contributed by atoms with Gasteiger partial charge in [0.1, 0.15) is 0 Å². The normalized spacial score (nSPS) is 23.1. The van der Waals surface area contributed by atoms with Gasteiger partial charge in [-0.05, 0) is 36.5 Å². The fourth-order valence-electron chi connectivity index (χ4n) is 3.17. The molecule has 0 bridgehead atoms. The van der Waals surface area contributed by atoms with Crippen LogP contribution in [0.5, 0.6) is 0 Å². The molecule has 1 heterocycles. The Hall–Kier alpha value is -1.81. The maximum Gasteiger partial charge on any atom is 0.153 e. The molecule has 4 nitrogen and oxygen atoms in total. The minimum absolute atomic E-state index is 0.257. The summed E-state index contributed by atoms with van der Waals surface area (Å²) in [6.45, 7) is 10.7. The predicted octanol–water partition coefficient (Wildman–Crippen LogP) is 4.82. The second-order valence-corrected chi connectivity index (χ2v) is 7.70. The van der Waals surface area contributed by atoms with Crippen LogP contribution in [0.1, 0.15) is 45.6 Å². The molecule has 5 heteroatoms. The lowest BCUT2D eigenvalue weighted by molar-refractivity contribution is 0.204. The Morgan fingerprint density at radius 1 is 1.40 bits per heavy atom. The summed E-state index contributed by atoms with van der Waals surface area (Å²) in [5, 5.41) is 7.53. The van der Waals surface area contributed by atoms with Gasteiger partial charge in [0, 0.05) is 17.4 Å². The number of benzene rings is 1. The number of rotatable bonds is 6. The maximum atomic E-state index is 6.12. The molecule has 1 aromatic rings. The molecule has 1 aromatic carbocycles. The van der Waals surface area contributed by atoms with Crippen molar-refractivity contribution in [1.29, 1.82) is 0 Å². The highest BCUT2D eigenvalue weighted by molar-refractivity contribution is 6.30. The molecule has 3 rings (SSSR count). The Morgan fingerprint density at radius 3 is 2.88 bits per heavy atom. The average Bonchev–Trinajstić information content (AvgIpc) is 3.33. The Morgan fingerprint density at radius 2 is 2.20 bits per heavy atom. The van der Waals surface area contributed by atoms with E-state index in [9.17, 15) is 0 Å². The van der Waals surface area contributed by atoms with Crippen LogP contribution in [-0.2, 0) is 6.42 Å². The summed E-state index contributed by atoms with van der Waals surface area (Å²) in [6, 6.07) is 8.34. The molecular weight excluding hydrogens is 332 g/mol. The molecule has 1 fully saturated rings. The van der Waals surface area contributed by atoms with Crippen LogP contribution < -0.4 is 5.43 Å². The van der Waals surface area contributed by atoms with Crippen molar-refractivity contribution in [3.05, 3.63) is 47.1 Å². The van der Waals surface area contributed by atoms with E-state index in [1.165, 1.54) is 19.3 Å². The van der Waals surface area contributed by atoms with Crippen LogP contribution in [-0.4, -0.2) is 22.7 Å². The highest BCUT2D eigenvalue weighted by Crippen LogP contribution is 2.39. The van der Waals surface area contributed by atoms with Gasteiger partial charge in [0.25, 0.3) is 0 Å². The van der Waals surface area contributed by atoms with Gasteiger partial charge in [-0.2, -0.15) is 0 Å². The van der Waals surface area contributed by atoms with Gasteiger partial charge in [-0.15, -0.1) is 5.10 Å². The molecule has 0 aromatic heterocycles. The molecule has 2 unspecified atom stereocenters. The Balaban J connectivity index is 1.80. The van der Waals surface area contributed by atoms with Crippen LogP contribution >= 0.6 is 11.6 Å². The summed E-state index contributed by atoms with van der Waals surface area (Å²) in [5.41, 5.74) is 6.25. The zero-order chi connectivity index (χ0) is 18.0. The number of hydrazine groups is 1. The molecule has 2 aliphatic rings. The molecule has 0 spiro atoms. The zero-order valence-electron chi connectivity index (χ0n) is 15.3. The van der Waals surface area contributed by atoms with Crippen LogP contribution in [0.15, 0.2) is 46.6 Å². The monoisotopic (exact) mass is 358 g/mol. The largest absolute Gasteiger partial charge is 0.281 e. The van der Waals surface area contributed by atoms with Crippen molar-refractivity contribution in [2.75, 3.05) is 0 Å². The highest BCUT2D eigenvalue weighted by Gasteiger charge is 2.42. The van der Waals surface area contributed by atoms with E-state index in [4.69, 9.17) is 21.7 Å². The van der Waals surface area contributed by atoms with Crippen molar-refractivity contribution in [3.8, 4) is 0 Å². The third-order valence-corrected chi connectivity index (χ3v) is 4.93. The minimum Gasteiger partial charge on any atom is -0.281 e. The number of allylic oxidation sites excluding steroid dienone is 1. The minimum atomic E-state index is 0.257. The fourth-order valence-corrected chi connectivity index (χ4v) is 3.38. The average molecular weight is 359 g/mol. The van der Waals surface area contributed by atoms with Gasteiger partial charge in [-0.25, -0.2) is 10.1 Å². The number of nitrogens with one attached hydrogen (secondary N) is 1. The zero-order valence-corrected chi connectivity index (χ0v) is 16.1. The van der Waals surface area contributed by atoms with Crippen molar-refractivity contribution >= 4 is 23.1 Å². The van der Waals surface area contributed by atoms with E-state index >= 15 is 0 Å². The summed E-state index contributed by atoms with van der Waals surface area (Å²) in [4.78, 5) is 4.83. The molecule has 0 radical (unpaired) electrons. The number of hydrazone groups is 1. The van der Waals surface area contributed by atoms with Crippen LogP contribution in [0.25, 0.3) is 0 Å². The predicted molar refractivity (Wildman–Crippen MR) is 106 cm³/mol. The summed E-state index contributed by atoms with van der Waals surface area (Å²) in [7, 11) is 0. The van der Waals surface area contributed by atoms with Crippen LogP contribution in [0.3, 0.4) is 0 Å². The van der Waals surface area contributed by atoms with Crippen LogP contribution in [0.2, 0.25) is 5.02 Å². The first kappa shape index (κ1) is 18.0. The number of hydrogen-bond acceptors (Lipinski definition) is 4. The number of amidine groups is 1. The van der Waals surface area contributed by atoms with Crippen molar-refractivity contribution in [3.63, 3.8) is 0 Å². The maximum absolute atomic E-state index is 6.12. The molecule has 1 aliphatic heterocycles. The lowest BCUT2D eigenvalue weighted by atomic mass is 10.1. The fraction of sp³-hybridized carbons (Fsp3) is 0.500. The summed E-state index contributed by atoms with van der Waals surface area (Å²) >= 11 is 6.12. The topological polar surface area (TPSA) is 40.0 Å². The lowest BCUT2D eigenvalue weighted by Crippen LogP contribution is -2.37. The number of halogens is 1. The van der Waals surface area contributed by atoms with E-state index in [0.29, 0.717) is 12.5 Å². The van der Waals surface area contributed by atoms with Gasteiger partial charge in [-0.1, -0.05) is 57.5 Å². The summed E-state index contributed by atoms with van der Waals surface area (Å²) in [6.07, 6.45) is 4.34. The van der Waals surface area contributed by atoms with Gasteiger partial charge >= 0.3 is 0 Å². The second kappa shape index (κ2) is 7.61. The molecule has 1 aliphatic carbocycles. The summed E-state index contributed by atoms with van der Waals surface area (Å²) < 4.78 is 0. The number of nitrogens with zero attached hydrogens (tertiary/aromatic N) is 3. The molecule has 2 atom stereocenters. The molecular formula is C20H27ClN4. The molecule has 1 N–H and O–H groups in total. The van der Waals surface area contributed by atoms with Crippen molar-refractivity contribution < 1.29 is 0 Å². The van der Waals surface area contributed by atoms with Gasteiger partial charge in [0.05, 0.1) is 17.5 Å². The van der Waals surface area contributed by atoms with E-state index in [0.717, 1.165) is 33.7 Å². The molecule has 0 amide bonds. The molecule has 1 saturated carbocycles. The molecule has 134 valence electrons. The first-order chi connectivity index (χ1) is 12.0. The van der Waals surface area contributed by atoms with Crippen molar-refractivity contribution in [1.82, 2.24) is 10.5 Å². The van der Waals surface area contributed by atoms with E-state index in [2.05, 4.69) is 38.8 Å². The van der Waals surface area contributed by atoms with Gasteiger partial charge in [0.15, 0.2) is 5.84 Å². The Kier molecular flexibility index (Phi) is 5.48. The lowest BCUT2D eigenvalue weighted by Gasteiger charge is -2.21. The van der Waals surface area contributed by atoms with Gasteiger partial charge < -0.3 is 0 Å². The third-order valence-electron chi connectivity index (χ3n) is 4.69. The Labute approximate surface area is 155 Å². The number of aliphatic imine (C=N–C) groups is 1. The van der Waals surface area contributed by atoms with E-state index in [1.54, 1.807) is 0 Å². The van der Waals surface area contributed by atoms with Crippen LogP contribution in [0, 0.1) is 11.8 Å². The van der Waals surface area contributed by atoms with Gasteiger partial charge in [-0.3, -0.25) is 5.43 Å². The highest BCUT2D eigenvalue weighted by atomic mass is 35.5. The first-order valence-electron chi connectivity index (χ1n) is 9.13. The quantitative estimate of drug-likeness (QED) is 0.792. The van der Waals surface area contributed by atoms with Crippen molar-refractivity contribution in [2.45, 2.75) is 52.5 Å². The van der Waals surface area contributed by atoms with E-state index in [1.807, 2.05) is 23.3 Å². The number of hydrogen-bond donors (Lipinski definition) is 1. The smallest absolute Gasteiger partial charge is 0.153 e. The van der Waals surface area contributed by atoms with Crippen molar-refractivity contribution in [2.24, 2.45) is 21.9 Å². The van der Waals surface area contributed by atoms with Gasteiger partial charge in [0.2, 0.25) is 0 Å². The van der Waals surface area contributed by atoms with Crippen LogP contribution in [0.4, 0.5) is 0 Å². The van der Waals surface area contributed by atoms with E-state index < -0.39 is 0 Å². The molecule has 0 saturated heterocycles. The third kappa shape index (κ3) is 4.43. The summed E-state index contributed by atoms with van der Waals surface area (Å²) in [5.74, 6) is 1.83.